The van der Waals surface area contributed by atoms with Crippen LogP contribution < -0.4 is 5.32 Å². The van der Waals surface area contributed by atoms with Gasteiger partial charge in [0.2, 0.25) is 5.91 Å². The number of carbonyl (C=O) groups is 1. The van der Waals surface area contributed by atoms with Gasteiger partial charge >= 0.3 is 0 Å². The van der Waals surface area contributed by atoms with Crippen LogP contribution in [0.15, 0.2) is 12.2 Å². The number of rotatable bonds is 55. The zero-order chi connectivity index (χ0) is 46.5. The van der Waals surface area contributed by atoms with Gasteiger partial charge in [0, 0.05) is 0 Å². The molecule has 3 atom stereocenters. The average molecular weight is 905 g/mol. The van der Waals surface area contributed by atoms with Gasteiger partial charge in [0.25, 0.3) is 0 Å². The molecule has 0 aromatic carbocycles. The molecule has 4 N–H and O–H groups in total. The van der Waals surface area contributed by atoms with Crippen molar-refractivity contribution in [2.45, 2.75) is 353 Å². The summed E-state index contributed by atoms with van der Waals surface area (Å²) < 4.78 is 0. The number of nitrogens with one attached hydrogen (secondary N) is 1. The van der Waals surface area contributed by atoms with Crippen LogP contribution in [0.4, 0.5) is 0 Å². The third kappa shape index (κ3) is 50.5. The fraction of sp³-hybridized carbons (Fsp3) is 0.949. The molecule has 0 bridgehead atoms. The van der Waals surface area contributed by atoms with Gasteiger partial charge in [0.05, 0.1) is 31.3 Å². The van der Waals surface area contributed by atoms with Crippen LogP contribution in [0.1, 0.15) is 335 Å². The number of allylic oxidation sites excluding steroid dienone is 2. The Kier molecular flexibility index (Phi) is 53.9. The van der Waals surface area contributed by atoms with Crippen LogP contribution in [0.3, 0.4) is 0 Å². The fourth-order valence-corrected chi connectivity index (χ4v) is 9.58. The highest BCUT2D eigenvalue weighted by Gasteiger charge is 2.21. The van der Waals surface area contributed by atoms with Crippen molar-refractivity contribution < 1.29 is 20.1 Å². The van der Waals surface area contributed by atoms with E-state index >= 15 is 0 Å². The highest BCUT2D eigenvalue weighted by Crippen LogP contribution is 2.18. The van der Waals surface area contributed by atoms with Crippen molar-refractivity contribution in [3.8, 4) is 0 Å². The van der Waals surface area contributed by atoms with E-state index in [-0.39, 0.29) is 18.9 Å². The van der Waals surface area contributed by atoms with Crippen molar-refractivity contribution in [1.82, 2.24) is 5.32 Å². The Hall–Kier alpha value is -0.910. The highest BCUT2D eigenvalue weighted by molar-refractivity contribution is 5.76. The number of aliphatic hydroxyl groups is 3. The SMILES string of the molecule is CCCCCCCCCCCCCC/C=C\CCCCCCCCCCCC(O)CC(=O)NC(CO)C(O)CCCCCCCCCCCCCCCCCCCCCCCCCC. The predicted octanol–water partition coefficient (Wildman–Crippen LogP) is 18.3. The molecule has 0 aliphatic rings. The summed E-state index contributed by atoms with van der Waals surface area (Å²) in [6, 6.07) is -0.658. The number of aliphatic hydroxyl groups excluding tert-OH is 3. The van der Waals surface area contributed by atoms with Crippen molar-refractivity contribution in [3.05, 3.63) is 12.2 Å². The van der Waals surface area contributed by atoms with E-state index in [0.29, 0.717) is 12.8 Å². The van der Waals surface area contributed by atoms with Gasteiger partial charge in [-0.25, -0.2) is 0 Å². The van der Waals surface area contributed by atoms with Gasteiger partial charge in [0.1, 0.15) is 0 Å². The molecule has 0 rings (SSSR count). The summed E-state index contributed by atoms with van der Waals surface area (Å²) in [7, 11) is 0. The van der Waals surface area contributed by atoms with Crippen LogP contribution >= 0.6 is 0 Å². The minimum atomic E-state index is -0.749. The van der Waals surface area contributed by atoms with Gasteiger partial charge in [-0.2, -0.15) is 0 Å². The minimum absolute atomic E-state index is 0.0390. The lowest BCUT2D eigenvalue weighted by atomic mass is 10.0. The normalized spacial score (nSPS) is 13.3. The fourth-order valence-electron chi connectivity index (χ4n) is 9.58. The molecule has 1 amide bonds. The molecular weight excluding hydrogens is 787 g/mol. The molecule has 0 fully saturated rings. The first kappa shape index (κ1) is 63.1. The molecule has 0 aromatic heterocycles. The van der Waals surface area contributed by atoms with E-state index in [1.54, 1.807) is 0 Å². The second-order valence-electron chi connectivity index (χ2n) is 20.6. The smallest absolute Gasteiger partial charge is 0.222 e. The lowest BCUT2D eigenvalue weighted by Gasteiger charge is -2.23. The summed E-state index contributed by atoms with van der Waals surface area (Å²) in [4.78, 5) is 12.6. The molecule has 5 nitrogen and oxygen atoms in total. The Morgan fingerprint density at radius 2 is 0.625 bits per heavy atom. The minimum Gasteiger partial charge on any atom is -0.394 e. The van der Waals surface area contributed by atoms with Gasteiger partial charge in [-0.05, 0) is 38.5 Å². The number of unbranched alkanes of at least 4 members (excludes halogenated alkanes) is 44. The number of hydrogen-bond donors (Lipinski definition) is 4. The quantitative estimate of drug-likeness (QED) is 0.0362. The molecule has 0 aromatic rings. The summed E-state index contributed by atoms with van der Waals surface area (Å²) in [5, 5.41) is 33.7. The molecule has 0 saturated carbocycles. The van der Waals surface area contributed by atoms with Crippen LogP contribution in [-0.4, -0.2) is 46.1 Å². The van der Waals surface area contributed by atoms with E-state index in [0.717, 1.165) is 25.7 Å². The van der Waals surface area contributed by atoms with Gasteiger partial charge in [0.15, 0.2) is 0 Å². The first-order valence-corrected chi connectivity index (χ1v) is 29.5. The topological polar surface area (TPSA) is 89.8 Å². The van der Waals surface area contributed by atoms with Crippen LogP contribution in [0, 0.1) is 0 Å². The van der Waals surface area contributed by atoms with E-state index in [4.69, 9.17) is 0 Å². The average Bonchev–Trinajstić information content (AvgIpc) is 3.29. The maximum atomic E-state index is 12.6. The maximum Gasteiger partial charge on any atom is 0.222 e. The Morgan fingerprint density at radius 3 is 0.906 bits per heavy atom. The molecule has 5 heteroatoms. The molecular formula is C59H117NO4. The van der Waals surface area contributed by atoms with Crippen molar-refractivity contribution in [1.29, 1.82) is 0 Å². The van der Waals surface area contributed by atoms with Gasteiger partial charge < -0.3 is 20.6 Å². The van der Waals surface area contributed by atoms with Gasteiger partial charge in [-0.1, -0.05) is 302 Å². The van der Waals surface area contributed by atoms with Crippen LogP contribution in [-0.2, 0) is 4.79 Å². The second-order valence-corrected chi connectivity index (χ2v) is 20.6. The third-order valence-corrected chi connectivity index (χ3v) is 14.1. The molecule has 0 saturated heterocycles. The Bertz CT molecular complexity index is 909. The molecule has 0 aliphatic heterocycles. The zero-order valence-electron chi connectivity index (χ0n) is 43.7. The lowest BCUT2D eigenvalue weighted by Crippen LogP contribution is -2.46. The molecule has 64 heavy (non-hydrogen) atoms. The highest BCUT2D eigenvalue weighted by atomic mass is 16.3. The third-order valence-electron chi connectivity index (χ3n) is 14.1. The van der Waals surface area contributed by atoms with E-state index < -0.39 is 18.2 Å². The number of hydrogen-bond acceptors (Lipinski definition) is 4. The summed E-state index contributed by atoms with van der Waals surface area (Å²) in [5.41, 5.74) is 0. The standard InChI is InChI=1S/C59H117NO4/c1-3-5-7-9-11-13-15-17-19-21-23-25-27-29-30-32-34-36-38-40-42-44-46-48-50-52-56(62)54-59(64)60-57(55-61)58(63)53-51-49-47-45-43-41-39-37-35-33-31-28-26-24-22-20-18-16-14-12-10-8-6-4-2/h29-30,56-58,61-63H,3-28,31-55H2,1-2H3,(H,60,64)/b30-29-. The Morgan fingerprint density at radius 1 is 0.375 bits per heavy atom. The van der Waals surface area contributed by atoms with Gasteiger partial charge in [-0.15, -0.1) is 0 Å². The number of carbonyl (C=O) groups excluding carboxylic acids is 1. The van der Waals surface area contributed by atoms with E-state index in [9.17, 15) is 20.1 Å². The first-order valence-electron chi connectivity index (χ1n) is 29.5. The predicted molar refractivity (Wildman–Crippen MR) is 282 cm³/mol. The summed E-state index contributed by atoms with van der Waals surface area (Å²) >= 11 is 0. The van der Waals surface area contributed by atoms with E-state index in [1.807, 2.05) is 0 Å². The Labute approximate surface area is 401 Å². The van der Waals surface area contributed by atoms with Crippen molar-refractivity contribution in [2.75, 3.05) is 6.61 Å². The first-order chi connectivity index (χ1) is 31.5. The van der Waals surface area contributed by atoms with E-state index in [2.05, 4.69) is 31.3 Å². The second kappa shape index (κ2) is 54.7. The van der Waals surface area contributed by atoms with Crippen molar-refractivity contribution in [3.63, 3.8) is 0 Å². The van der Waals surface area contributed by atoms with Crippen molar-refractivity contribution in [2.24, 2.45) is 0 Å². The van der Waals surface area contributed by atoms with Crippen molar-refractivity contribution >= 4 is 5.91 Å². The lowest BCUT2D eigenvalue weighted by molar-refractivity contribution is -0.125. The monoisotopic (exact) mass is 904 g/mol. The van der Waals surface area contributed by atoms with Crippen LogP contribution in [0.5, 0.6) is 0 Å². The zero-order valence-corrected chi connectivity index (χ0v) is 43.7. The van der Waals surface area contributed by atoms with E-state index in [1.165, 1.54) is 276 Å². The summed E-state index contributed by atoms with van der Waals surface area (Å²) in [6.07, 6.45) is 68.0. The molecule has 382 valence electrons. The molecule has 0 spiro atoms. The summed E-state index contributed by atoms with van der Waals surface area (Å²) in [6.45, 7) is 4.31. The largest absolute Gasteiger partial charge is 0.394 e. The number of amides is 1. The maximum absolute atomic E-state index is 12.6. The Balaban J connectivity index is 3.51. The molecule has 0 heterocycles. The van der Waals surface area contributed by atoms with Crippen LogP contribution in [0.2, 0.25) is 0 Å². The van der Waals surface area contributed by atoms with Gasteiger partial charge in [-0.3, -0.25) is 4.79 Å². The molecule has 3 unspecified atom stereocenters. The van der Waals surface area contributed by atoms with Crippen LogP contribution in [0.25, 0.3) is 0 Å². The molecule has 0 radical (unpaired) electrons. The molecule has 0 aliphatic carbocycles. The summed E-state index contributed by atoms with van der Waals surface area (Å²) in [5.74, 6) is -0.278.